The Hall–Kier alpha value is -4.18. The maximum atomic E-state index is 14.4. The predicted molar refractivity (Wildman–Crippen MR) is 190 cm³/mol. The van der Waals surface area contributed by atoms with Gasteiger partial charge >= 0.3 is 16.3 Å². The van der Waals surface area contributed by atoms with E-state index in [1.54, 1.807) is 20.8 Å². The first-order valence-corrected chi connectivity index (χ1v) is 19.0. The van der Waals surface area contributed by atoms with Crippen molar-refractivity contribution < 1.29 is 37.1 Å². The summed E-state index contributed by atoms with van der Waals surface area (Å²) in [7, 11) is -1.56. The highest BCUT2D eigenvalue weighted by atomic mass is 32.2. The van der Waals surface area contributed by atoms with Crippen LogP contribution in [-0.2, 0) is 29.3 Å². The molecule has 0 spiro atoms. The van der Waals surface area contributed by atoms with Gasteiger partial charge in [-0.1, -0.05) is 37.1 Å². The smallest absolute Gasteiger partial charge is 0.408 e. The molecule has 4 amide bonds. The minimum Gasteiger partial charge on any atom is -0.459 e. The number of hydrogen-bond donors (Lipinski definition) is 3. The highest BCUT2D eigenvalue weighted by Crippen LogP contribution is 2.46. The van der Waals surface area contributed by atoms with E-state index in [0.29, 0.717) is 25.3 Å². The van der Waals surface area contributed by atoms with Gasteiger partial charge in [-0.15, -0.1) is 0 Å². The van der Waals surface area contributed by atoms with Gasteiger partial charge in [-0.2, -0.15) is 17.7 Å². The molecule has 1 aliphatic carbocycles. The van der Waals surface area contributed by atoms with Crippen LogP contribution in [0.4, 0.5) is 4.79 Å². The molecule has 1 saturated heterocycles. The molecule has 1 saturated carbocycles. The Labute approximate surface area is 299 Å². The quantitative estimate of drug-likeness (QED) is 0.361. The number of amides is 4. The molecule has 2 aliphatic heterocycles. The zero-order valence-electron chi connectivity index (χ0n) is 30.5. The van der Waals surface area contributed by atoms with E-state index in [0.717, 1.165) is 28.2 Å². The van der Waals surface area contributed by atoms with Gasteiger partial charge in [0.2, 0.25) is 11.8 Å². The van der Waals surface area contributed by atoms with Crippen molar-refractivity contribution in [2.45, 2.75) is 115 Å². The molecule has 2 aromatic rings. The number of fused-ring (bicyclic) bond motifs is 3. The van der Waals surface area contributed by atoms with Crippen LogP contribution in [0.1, 0.15) is 85.6 Å². The molecule has 3 N–H and O–H groups in total. The number of alkyl carbamates (subject to hydrolysis) is 1. The SMILES string of the molecule is CC(C)n1c(O[C@@H]2C[C@H]3C(=O)N[C@]4(C(=O)NS(=O)(=O)N(C)C)C[C@H]4/C=C\CCCCC[C@H](NC(=O)OC(C)(C)C)C(=O)N3C2)nc2ccccc21. The van der Waals surface area contributed by atoms with Crippen LogP contribution in [0, 0.1) is 5.92 Å². The molecular weight excluding hydrogens is 678 g/mol. The van der Waals surface area contributed by atoms with Gasteiger partial charge in [0, 0.05) is 32.5 Å². The normalized spacial score (nSPS) is 26.8. The number of hydrogen-bond acceptors (Lipinski definition) is 9. The summed E-state index contributed by atoms with van der Waals surface area (Å²) in [4.78, 5) is 61.4. The lowest BCUT2D eigenvalue weighted by molar-refractivity contribution is -0.141. The average molecular weight is 730 g/mol. The first kappa shape index (κ1) is 38.1. The molecule has 16 heteroatoms. The van der Waals surface area contributed by atoms with Crippen molar-refractivity contribution in [3.8, 4) is 6.01 Å². The van der Waals surface area contributed by atoms with Gasteiger partial charge in [-0.25, -0.2) is 9.52 Å². The van der Waals surface area contributed by atoms with Gasteiger partial charge in [0.15, 0.2) is 0 Å². The molecule has 15 nitrogen and oxygen atoms in total. The lowest BCUT2D eigenvalue weighted by Gasteiger charge is -2.30. The molecular formula is C35H51N7O8S. The van der Waals surface area contributed by atoms with Crippen LogP contribution in [0.25, 0.3) is 11.0 Å². The minimum absolute atomic E-state index is 0.00224. The molecule has 280 valence electrons. The monoisotopic (exact) mass is 729 g/mol. The summed E-state index contributed by atoms with van der Waals surface area (Å²) < 4.78 is 42.2. The molecule has 0 unspecified atom stereocenters. The number of rotatable bonds is 7. The van der Waals surface area contributed by atoms with Gasteiger partial charge in [0.25, 0.3) is 11.9 Å². The Morgan fingerprint density at radius 3 is 2.53 bits per heavy atom. The fourth-order valence-corrected chi connectivity index (χ4v) is 7.27. The average Bonchev–Trinajstić information content (AvgIpc) is 3.36. The summed E-state index contributed by atoms with van der Waals surface area (Å²) in [6, 6.07) is 5.85. The van der Waals surface area contributed by atoms with E-state index in [1.165, 1.54) is 19.0 Å². The molecule has 0 radical (unpaired) electrons. The summed E-state index contributed by atoms with van der Waals surface area (Å²) in [5, 5.41) is 5.58. The number of carbonyl (C=O) groups excluding carboxylic acids is 4. The number of benzene rings is 1. The third kappa shape index (κ3) is 8.66. The van der Waals surface area contributed by atoms with Crippen molar-refractivity contribution in [2.75, 3.05) is 20.6 Å². The minimum atomic E-state index is -4.15. The van der Waals surface area contributed by atoms with E-state index >= 15 is 0 Å². The topological polar surface area (TPSA) is 181 Å². The Morgan fingerprint density at radius 2 is 1.84 bits per heavy atom. The first-order chi connectivity index (χ1) is 23.9. The van der Waals surface area contributed by atoms with Crippen LogP contribution in [0.5, 0.6) is 6.01 Å². The number of aromatic nitrogens is 2. The number of carbonyl (C=O) groups is 4. The summed E-state index contributed by atoms with van der Waals surface area (Å²) in [5.74, 6) is -2.43. The van der Waals surface area contributed by atoms with E-state index < -0.39 is 69.3 Å². The summed E-state index contributed by atoms with van der Waals surface area (Å²) >= 11 is 0. The molecule has 3 aliphatic rings. The van der Waals surface area contributed by atoms with E-state index in [1.807, 2.05) is 54.8 Å². The largest absolute Gasteiger partial charge is 0.459 e. The third-order valence-electron chi connectivity index (χ3n) is 9.39. The van der Waals surface area contributed by atoms with Crippen LogP contribution in [0.15, 0.2) is 36.4 Å². The van der Waals surface area contributed by atoms with Crippen molar-refractivity contribution in [3.05, 3.63) is 36.4 Å². The molecule has 51 heavy (non-hydrogen) atoms. The van der Waals surface area contributed by atoms with Crippen molar-refractivity contribution in [3.63, 3.8) is 0 Å². The van der Waals surface area contributed by atoms with Crippen LogP contribution in [-0.4, -0.2) is 101 Å². The van der Waals surface area contributed by atoms with Crippen molar-refractivity contribution >= 4 is 45.1 Å². The van der Waals surface area contributed by atoms with Gasteiger partial charge in [0.05, 0.1) is 17.6 Å². The molecule has 1 aromatic heterocycles. The van der Waals surface area contributed by atoms with Crippen molar-refractivity contribution in [2.24, 2.45) is 5.92 Å². The zero-order chi connectivity index (χ0) is 37.3. The van der Waals surface area contributed by atoms with Gasteiger partial charge in [0.1, 0.15) is 29.3 Å². The fraction of sp³-hybridized carbons (Fsp3) is 0.629. The number of ether oxygens (including phenoxy) is 2. The second-order valence-electron chi connectivity index (χ2n) is 15.1. The zero-order valence-corrected chi connectivity index (χ0v) is 31.3. The van der Waals surface area contributed by atoms with Crippen molar-refractivity contribution in [1.29, 1.82) is 0 Å². The highest BCUT2D eigenvalue weighted by Gasteiger charge is 2.61. The Bertz CT molecular complexity index is 1780. The van der Waals surface area contributed by atoms with E-state index in [9.17, 15) is 27.6 Å². The Morgan fingerprint density at radius 1 is 1.12 bits per heavy atom. The number of allylic oxidation sites excluding steroid dienone is 1. The van der Waals surface area contributed by atoms with Gasteiger partial charge < -0.3 is 25.0 Å². The van der Waals surface area contributed by atoms with Gasteiger partial charge in [-0.05, 0) is 72.4 Å². The third-order valence-corrected chi connectivity index (χ3v) is 10.8. The standard InChI is InChI=1S/C35H51N7O8S/c1-22(2)42-27-18-14-13-16-25(27)36-32(42)49-24-19-28-29(43)38-35(31(45)39-51(47,48)40(6)7)20-23(35)15-11-9-8-10-12-17-26(30(44)41(28)21-24)37-33(46)50-34(3,4)5/h11,13-16,18,22-24,26,28H,8-10,12,17,19-21H2,1-7H3,(H,37,46)(H,38,43)(H,39,45)/b15-11-/t23-,24-,26+,28+,35-/m1/s1. The molecule has 5 atom stereocenters. The van der Waals surface area contributed by atoms with Crippen molar-refractivity contribution in [1.82, 2.24) is 34.1 Å². The number of nitrogens with zero attached hydrogens (tertiary/aromatic N) is 4. The maximum Gasteiger partial charge on any atom is 0.408 e. The molecule has 2 fully saturated rings. The summed E-state index contributed by atoms with van der Waals surface area (Å²) in [5.41, 5.74) is -0.729. The number of para-hydroxylation sites is 2. The Kier molecular flexibility index (Phi) is 11.1. The summed E-state index contributed by atoms with van der Waals surface area (Å²) in [6.45, 7) is 9.20. The van der Waals surface area contributed by atoms with E-state index in [-0.39, 0.29) is 25.4 Å². The van der Waals surface area contributed by atoms with Gasteiger partial charge in [-0.3, -0.25) is 19.0 Å². The summed E-state index contributed by atoms with van der Waals surface area (Å²) in [6.07, 6.45) is 5.78. The second-order valence-corrected chi connectivity index (χ2v) is 17.0. The lowest BCUT2D eigenvalue weighted by Crippen LogP contribution is -2.58. The second kappa shape index (κ2) is 14.8. The molecule has 0 bridgehead atoms. The number of nitrogens with one attached hydrogen (secondary N) is 3. The maximum absolute atomic E-state index is 14.4. The number of imidazole rings is 1. The van der Waals surface area contributed by atoms with Crippen LogP contribution >= 0.6 is 0 Å². The van der Waals surface area contributed by atoms with Crippen LogP contribution < -0.4 is 20.1 Å². The molecule has 3 heterocycles. The highest BCUT2D eigenvalue weighted by molar-refractivity contribution is 7.87. The fourth-order valence-electron chi connectivity index (χ4n) is 6.67. The van der Waals surface area contributed by atoms with E-state index in [4.69, 9.17) is 14.5 Å². The van der Waals surface area contributed by atoms with E-state index in [2.05, 4.69) is 15.4 Å². The first-order valence-electron chi connectivity index (χ1n) is 17.6. The van der Waals surface area contributed by atoms with Crippen LogP contribution in [0.2, 0.25) is 0 Å². The predicted octanol–water partition coefficient (Wildman–Crippen LogP) is 3.18. The molecule has 1 aromatic carbocycles. The van der Waals surface area contributed by atoms with Crippen LogP contribution in [0.3, 0.4) is 0 Å². The Balaban J connectivity index is 1.49. The molecule has 5 rings (SSSR count). The lowest BCUT2D eigenvalue weighted by atomic mass is 10.0.